The Labute approximate surface area is 94.1 Å². The SMILES string of the molecule is c1cncc(C2NCc3ccccc3O2)c1. The number of benzene rings is 1. The number of hydrogen-bond acceptors (Lipinski definition) is 3. The molecule has 3 rings (SSSR count). The lowest BCUT2D eigenvalue weighted by molar-refractivity contribution is 0.144. The van der Waals surface area contributed by atoms with Crippen molar-refractivity contribution in [1.82, 2.24) is 10.3 Å². The number of rotatable bonds is 1. The van der Waals surface area contributed by atoms with Gasteiger partial charge in [-0.3, -0.25) is 10.3 Å². The Balaban J connectivity index is 1.89. The summed E-state index contributed by atoms with van der Waals surface area (Å²) < 4.78 is 5.87. The molecule has 1 atom stereocenters. The number of fused-ring (bicyclic) bond motifs is 1. The molecule has 2 heterocycles. The molecular weight excluding hydrogens is 200 g/mol. The summed E-state index contributed by atoms with van der Waals surface area (Å²) in [7, 11) is 0. The monoisotopic (exact) mass is 212 g/mol. The molecule has 0 saturated carbocycles. The molecule has 3 heteroatoms. The maximum atomic E-state index is 5.87. The number of aromatic nitrogens is 1. The quantitative estimate of drug-likeness (QED) is 0.787. The van der Waals surface area contributed by atoms with Gasteiger partial charge in [-0.05, 0) is 12.1 Å². The molecule has 0 fully saturated rings. The number of nitrogens with zero attached hydrogens (tertiary/aromatic N) is 1. The maximum Gasteiger partial charge on any atom is 0.178 e. The maximum absolute atomic E-state index is 5.87. The van der Waals surface area contributed by atoms with E-state index in [2.05, 4.69) is 16.4 Å². The van der Waals surface area contributed by atoms with E-state index in [1.807, 2.05) is 36.5 Å². The van der Waals surface area contributed by atoms with Crippen molar-refractivity contribution in [1.29, 1.82) is 0 Å². The van der Waals surface area contributed by atoms with Gasteiger partial charge in [-0.15, -0.1) is 0 Å². The molecule has 16 heavy (non-hydrogen) atoms. The first-order chi connectivity index (χ1) is 7.93. The van der Waals surface area contributed by atoms with E-state index in [-0.39, 0.29) is 6.23 Å². The second-order valence-electron chi connectivity index (χ2n) is 3.77. The summed E-state index contributed by atoms with van der Waals surface area (Å²) in [6.45, 7) is 0.829. The molecule has 80 valence electrons. The lowest BCUT2D eigenvalue weighted by Crippen LogP contribution is -2.30. The first-order valence-electron chi connectivity index (χ1n) is 5.31. The molecule has 1 N–H and O–H groups in total. The second-order valence-corrected chi connectivity index (χ2v) is 3.77. The lowest BCUT2D eigenvalue weighted by atomic mass is 10.1. The highest BCUT2D eigenvalue weighted by molar-refractivity contribution is 5.35. The van der Waals surface area contributed by atoms with E-state index in [9.17, 15) is 0 Å². The number of hydrogen-bond donors (Lipinski definition) is 1. The summed E-state index contributed by atoms with van der Waals surface area (Å²) in [5, 5.41) is 3.33. The minimum atomic E-state index is -0.0939. The van der Waals surface area contributed by atoms with E-state index in [0.717, 1.165) is 17.9 Å². The van der Waals surface area contributed by atoms with Crippen molar-refractivity contribution in [3.05, 3.63) is 59.9 Å². The van der Waals surface area contributed by atoms with Crippen molar-refractivity contribution < 1.29 is 4.74 Å². The molecule has 0 saturated heterocycles. The number of pyridine rings is 1. The molecule has 0 aliphatic carbocycles. The van der Waals surface area contributed by atoms with E-state index in [0.29, 0.717) is 0 Å². The summed E-state index contributed by atoms with van der Waals surface area (Å²) in [6, 6.07) is 12.0. The molecule has 1 aliphatic rings. The highest BCUT2D eigenvalue weighted by Gasteiger charge is 2.19. The van der Waals surface area contributed by atoms with Gasteiger partial charge >= 0.3 is 0 Å². The standard InChI is InChI=1S/C13H12N2O/c1-2-6-12-10(4-1)9-15-13(16-12)11-5-3-7-14-8-11/h1-8,13,15H,9H2. The minimum Gasteiger partial charge on any atom is -0.471 e. The lowest BCUT2D eigenvalue weighted by Gasteiger charge is -2.27. The molecule has 2 aromatic rings. The van der Waals surface area contributed by atoms with Crippen LogP contribution in [-0.2, 0) is 6.54 Å². The van der Waals surface area contributed by atoms with E-state index < -0.39 is 0 Å². The first kappa shape index (κ1) is 9.36. The van der Waals surface area contributed by atoms with Crippen molar-refractivity contribution in [3.63, 3.8) is 0 Å². The van der Waals surface area contributed by atoms with Crippen molar-refractivity contribution >= 4 is 0 Å². The van der Waals surface area contributed by atoms with E-state index >= 15 is 0 Å². The average Bonchev–Trinajstić information content (AvgIpc) is 2.39. The van der Waals surface area contributed by atoms with Crippen LogP contribution in [0.25, 0.3) is 0 Å². The Morgan fingerprint density at radius 3 is 3.00 bits per heavy atom. The van der Waals surface area contributed by atoms with Crippen LogP contribution in [0, 0.1) is 0 Å². The van der Waals surface area contributed by atoms with Gasteiger partial charge in [0.1, 0.15) is 5.75 Å². The van der Waals surface area contributed by atoms with Gasteiger partial charge in [0.05, 0.1) is 0 Å². The molecule has 1 aromatic carbocycles. The van der Waals surface area contributed by atoms with Gasteiger partial charge in [0.25, 0.3) is 0 Å². The highest BCUT2D eigenvalue weighted by atomic mass is 16.5. The van der Waals surface area contributed by atoms with E-state index in [4.69, 9.17) is 4.74 Å². The van der Waals surface area contributed by atoms with Crippen molar-refractivity contribution in [3.8, 4) is 5.75 Å². The smallest absolute Gasteiger partial charge is 0.178 e. The van der Waals surface area contributed by atoms with Gasteiger partial charge < -0.3 is 4.74 Å². The Hall–Kier alpha value is -1.87. The summed E-state index contributed by atoms with van der Waals surface area (Å²) in [6.07, 6.45) is 3.50. The largest absolute Gasteiger partial charge is 0.471 e. The fraction of sp³-hybridized carbons (Fsp3) is 0.154. The predicted octanol–water partition coefficient (Wildman–Crippen LogP) is 2.26. The summed E-state index contributed by atoms with van der Waals surface area (Å²) in [5.74, 6) is 0.954. The fourth-order valence-corrected chi connectivity index (χ4v) is 1.85. The van der Waals surface area contributed by atoms with Gasteiger partial charge in [0.2, 0.25) is 0 Å². The molecule has 0 spiro atoms. The van der Waals surface area contributed by atoms with Crippen LogP contribution in [0.5, 0.6) is 5.75 Å². The van der Waals surface area contributed by atoms with Crippen LogP contribution in [0.1, 0.15) is 17.4 Å². The first-order valence-corrected chi connectivity index (χ1v) is 5.31. The molecule has 1 unspecified atom stereocenters. The third-order valence-corrected chi connectivity index (χ3v) is 2.68. The Morgan fingerprint density at radius 2 is 2.12 bits per heavy atom. The predicted molar refractivity (Wildman–Crippen MR) is 60.9 cm³/mol. The van der Waals surface area contributed by atoms with Crippen LogP contribution < -0.4 is 10.1 Å². The summed E-state index contributed by atoms with van der Waals surface area (Å²) in [4.78, 5) is 4.10. The molecule has 1 aliphatic heterocycles. The van der Waals surface area contributed by atoms with E-state index in [1.165, 1.54) is 5.56 Å². The normalized spacial score (nSPS) is 18.6. The molecule has 3 nitrogen and oxygen atoms in total. The zero-order chi connectivity index (χ0) is 10.8. The Bertz CT molecular complexity index is 484. The average molecular weight is 212 g/mol. The van der Waals surface area contributed by atoms with Gasteiger partial charge in [-0.2, -0.15) is 0 Å². The van der Waals surface area contributed by atoms with Crippen LogP contribution >= 0.6 is 0 Å². The van der Waals surface area contributed by atoms with Gasteiger partial charge in [0.15, 0.2) is 6.23 Å². The van der Waals surface area contributed by atoms with Gasteiger partial charge in [0, 0.05) is 30.1 Å². The van der Waals surface area contributed by atoms with Crippen LogP contribution in [0.4, 0.5) is 0 Å². The minimum absolute atomic E-state index is 0.0939. The zero-order valence-electron chi connectivity index (χ0n) is 8.76. The van der Waals surface area contributed by atoms with Crippen molar-refractivity contribution in [2.75, 3.05) is 0 Å². The third kappa shape index (κ3) is 1.66. The van der Waals surface area contributed by atoms with Crippen LogP contribution in [0.3, 0.4) is 0 Å². The number of ether oxygens (including phenoxy) is 1. The third-order valence-electron chi connectivity index (χ3n) is 2.68. The van der Waals surface area contributed by atoms with Gasteiger partial charge in [-0.25, -0.2) is 0 Å². The topological polar surface area (TPSA) is 34.2 Å². The van der Waals surface area contributed by atoms with Crippen LogP contribution in [0.2, 0.25) is 0 Å². The van der Waals surface area contributed by atoms with Gasteiger partial charge in [-0.1, -0.05) is 24.3 Å². The molecule has 0 amide bonds. The highest BCUT2D eigenvalue weighted by Crippen LogP contribution is 2.28. The Kier molecular flexibility index (Phi) is 2.31. The Morgan fingerprint density at radius 1 is 1.19 bits per heavy atom. The summed E-state index contributed by atoms with van der Waals surface area (Å²) >= 11 is 0. The molecular formula is C13H12N2O. The fourth-order valence-electron chi connectivity index (χ4n) is 1.85. The number of nitrogens with one attached hydrogen (secondary N) is 1. The van der Waals surface area contributed by atoms with Crippen molar-refractivity contribution in [2.24, 2.45) is 0 Å². The molecule has 0 radical (unpaired) electrons. The number of para-hydroxylation sites is 1. The summed E-state index contributed by atoms with van der Waals surface area (Å²) in [5.41, 5.74) is 2.25. The second kappa shape index (κ2) is 3.94. The van der Waals surface area contributed by atoms with Crippen LogP contribution in [0.15, 0.2) is 48.8 Å². The molecule has 0 bridgehead atoms. The van der Waals surface area contributed by atoms with Crippen LogP contribution in [-0.4, -0.2) is 4.98 Å². The molecule has 1 aromatic heterocycles. The zero-order valence-corrected chi connectivity index (χ0v) is 8.76. The van der Waals surface area contributed by atoms with E-state index in [1.54, 1.807) is 6.20 Å². The van der Waals surface area contributed by atoms with Crippen molar-refractivity contribution in [2.45, 2.75) is 12.8 Å².